The van der Waals surface area contributed by atoms with Crippen LogP contribution in [0.15, 0.2) is 0 Å². The van der Waals surface area contributed by atoms with Crippen LogP contribution in [0.5, 0.6) is 0 Å². The Bertz CT molecular complexity index is 227. The number of nitrogens with two attached hydrogens (primary N) is 1. The second kappa shape index (κ2) is 4.47. The zero-order valence-electron chi connectivity index (χ0n) is 9.63. The van der Waals surface area contributed by atoms with Crippen molar-refractivity contribution < 1.29 is 14.3 Å². The highest BCUT2D eigenvalue weighted by molar-refractivity contribution is 5.81. The quantitative estimate of drug-likeness (QED) is 0.586. The molecule has 1 rings (SSSR count). The lowest BCUT2D eigenvalue weighted by Gasteiger charge is -2.29. The smallest absolute Gasteiger partial charge is 0.330 e. The first-order valence-electron chi connectivity index (χ1n) is 5.14. The van der Waals surface area contributed by atoms with E-state index >= 15 is 0 Å². The average Bonchev–Trinajstić information content (AvgIpc) is 2.28. The summed E-state index contributed by atoms with van der Waals surface area (Å²) in [5, 5.41) is 3.05. The molecule has 1 saturated heterocycles. The maximum absolute atomic E-state index is 11.8. The molecule has 1 heterocycles. The Labute approximate surface area is 90.3 Å². The summed E-state index contributed by atoms with van der Waals surface area (Å²) in [7, 11) is 0. The molecule has 1 aliphatic heterocycles. The second-order valence-corrected chi connectivity index (χ2v) is 4.89. The van der Waals surface area contributed by atoms with Crippen LogP contribution < -0.4 is 11.1 Å². The van der Waals surface area contributed by atoms with Crippen LogP contribution in [0.3, 0.4) is 0 Å². The van der Waals surface area contributed by atoms with Crippen LogP contribution in [0.4, 0.5) is 0 Å². The molecule has 3 N–H and O–H groups in total. The van der Waals surface area contributed by atoms with Crippen LogP contribution in [0.2, 0.25) is 0 Å². The number of carbonyl (C=O) groups excluding carboxylic acids is 1. The molecule has 1 fully saturated rings. The van der Waals surface area contributed by atoms with Crippen molar-refractivity contribution in [1.82, 2.24) is 5.32 Å². The number of rotatable bonds is 1. The van der Waals surface area contributed by atoms with Crippen molar-refractivity contribution in [3.63, 3.8) is 0 Å². The van der Waals surface area contributed by atoms with Crippen LogP contribution in [0.1, 0.15) is 20.8 Å². The summed E-state index contributed by atoms with van der Waals surface area (Å²) in [6.07, 6.45) is 0. The molecule has 1 atom stereocenters. The van der Waals surface area contributed by atoms with Crippen molar-refractivity contribution in [3.05, 3.63) is 0 Å². The summed E-state index contributed by atoms with van der Waals surface area (Å²) in [6.45, 7) is 7.33. The Kier molecular flexibility index (Phi) is 3.70. The Balaban J connectivity index is 2.62. The highest BCUT2D eigenvalue weighted by Gasteiger charge is 2.39. The van der Waals surface area contributed by atoms with Crippen molar-refractivity contribution in [2.24, 2.45) is 5.73 Å². The van der Waals surface area contributed by atoms with E-state index < -0.39 is 17.1 Å². The lowest BCUT2D eigenvalue weighted by Crippen LogP contribution is -2.59. The fourth-order valence-electron chi connectivity index (χ4n) is 1.27. The summed E-state index contributed by atoms with van der Waals surface area (Å²) in [5.74, 6) is -0.413. The maximum atomic E-state index is 11.8. The van der Waals surface area contributed by atoms with Gasteiger partial charge in [-0.25, -0.2) is 4.79 Å². The van der Waals surface area contributed by atoms with E-state index in [9.17, 15) is 4.79 Å². The molecule has 0 aromatic carbocycles. The number of esters is 1. The summed E-state index contributed by atoms with van der Waals surface area (Å²) in [4.78, 5) is 11.8. The van der Waals surface area contributed by atoms with Crippen molar-refractivity contribution in [2.75, 3.05) is 26.3 Å². The molecular formula is C10H20N2O3. The van der Waals surface area contributed by atoms with Gasteiger partial charge in [0.2, 0.25) is 0 Å². The fraction of sp³-hybridized carbons (Fsp3) is 0.900. The number of ether oxygens (including phenoxy) is 2. The number of hydrogen-bond acceptors (Lipinski definition) is 5. The van der Waals surface area contributed by atoms with E-state index in [-0.39, 0.29) is 6.61 Å². The second-order valence-electron chi connectivity index (χ2n) is 4.89. The zero-order valence-corrected chi connectivity index (χ0v) is 9.63. The number of nitrogens with one attached hydrogen (secondary N) is 1. The lowest BCUT2D eigenvalue weighted by atomic mass is 10.0. The molecule has 0 bridgehead atoms. The number of hydrogen-bond donors (Lipinski definition) is 2. The van der Waals surface area contributed by atoms with Gasteiger partial charge in [0.1, 0.15) is 5.60 Å². The van der Waals surface area contributed by atoms with Crippen molar-refractivity contribution in [2.45, 2.75) is 31.9 Å². The Morgan fingerprint density at radius 3 is 2.80 bits per heavy atom. The lowest BCUT2D eigenvalue weighted by molar-refractivity contribution is -0.163. The molecule has 0 radical (unpaired) electrons. The first-order valence-corrected chi connectivity index (χ1v) is 5.14. The largest absolute Gasteiger partial charge is 0.458 e. The van der Waals surface area contributed by atoms with Crippen molar-refractivity contribution >= 4 is 5.97 Å². The average molecular weight is 216 g/mol. The van der Waals surface area contributed by atoms with E-state index in [2.05, 4.69) is 5.32 Å². The predicted molar refractivity (Wildman–Crippen MR) is 56.5 cm³/mol. The Morgan fingerprint density at radius 1 is 1.53 bits per heavy atom. The van der Waals surface area contributed by atoms with Gasteiger partial charge in [0.15, 0.2) is 5.54 Å². The minimum absolute atomic E-state index is 0.203. The van der Waals surface area contributed by atoms with E-state index in [1.165, 1.54) is 0 Å². The van der Waals surface area contributed by atoms with Crippen LogP contribution in [-0.2, 0) is 14.3 Å². The van der Waals surface area contributed by atoms with Gasteiger partial charge in [-0.3, -0.25) is 0 Å². The Morgan fingerprint density at radius 2 is 2.20 bits per heavy atom. The van der Waals surface area contributed by atoms with Gasteiger partial charge in [-0.05, 0) is 20.8 Å². The molecule has 5 nitrogen and oxygen atoms in total. The molecule has 0 aromatic rings. The first kappa shape index (κ1) is 12.4. The van der Waals surface area contributed by atoms with Gasteiger partial charge in [0.25, 0.3) is 0 Å². The molecule has 5 heteroatoms. The molecule has 0 spiro atoms. The van der Waals surface area contributed by atoms with Gasteiger partial charge in [-0.15, -0.1) is 0 Å². The molecule has 15 heavy (non-hydrogen) atoms. The predicted octanol–water partition coefficient (Wildman–Crippen LogP) is -0.355. The monoisotopic (exact) mass is 216 g/mol. The summed E-state index contributed by atoms with van der Waals surface area (Å²) >= 11 is 0. The maximum Gasteiger partial charge on any atom is 0.330 e. The molecule has 0 unspecified atom stereocenters. The van der Waals surface area contributed by atoms with Crippen LogP contribution in [0.25, 0.3) is 0 Å². The van der Waals surface area contributed by atoms with E-state index in [1.807, 2.05) is 20.8 Å². The minimum Gasteiger partial charge on any atom is -0.458 e. The summed E-state index contributed by atoms with van der Waals surface area (Å²) in [5.41, 5.74) is 4.36. The Hall–Kier alpha value is -0.650. The minimum atomic E-state index is -1.07. The van der Waals surface area contributed by atoms with Crippen molar-refractivity contribution in [3.8, 4) is 0 Å². The van der Waals surface area contributed by atoms with Gasteiger partial charge < -0.3 is 20.5 Å². The highest BCUT2D eigenvalue weighted by atomic mass is 16.6. The summed E-state index contributed by atoms with van der Waals surface area (Å²) < 4.78 is 10.5. The zero-order chi connectivity index (χ0) is 11.5. The van der Waals surface area contributed by atoms with Crippen molar-refractivity contribution in [1.29, 1.82) is 0 Å². The molecule has 1 aliphatic rings. The molecule has 0 amide bonds. The molecule has 88 valence electrons. The molecule has 0 aromatic heterocycles. The number of carbonyl (C=O) groups is 1. The highest BCUT2D eigenvalue weighted by Crippen LogP contribution is 2.13. The standard InChI is InChI=1S/C10H20N2O3/c1-9(2,3)15-8(13)10(11)6-12-4-5-14-7-10/h12H,4-7,11H2,1-3H3/t10-/m1/s1. The molecule has 0 aliphatic carbocycles. The fourth-order valence-corrected chi connectivity index (χ4v) is 1.27. The van der Waals surface area contributed by atoms with E-state index in [4.69, 9.17) is 15.2 Å². The van der Waals surface area contributed by atoms with E-state index in [1.54, 1.807) is 0 Å². The first-order chi connectivity index (χ1) is 6.83. The normalized spacial score (nSPS) is 28.3. The van der Waals surface area contributed by atoms with Gasteiger partial charge in [0.05, 0.1) is 13.2 Å². The third-order valence-electron chi connectivity index (χ3n) is 2.03. The van der Waals surface area contributed by atoms with Gasteiger partial charge in [-0.1, -0.05) is 0 Å². The van der Waals surface area contributed by atoms with Crippen LogP contribution >= 0.6 is 0 Å². The van der Waals surface area contributed by atoms with Gasteiger partial charge >= 0.3 is 5.97 Å². The summed E-state index contributed by atoms with van der Waals surface area (Å²) in [6, 6.07) is 0. The topological polar surface area (TPSA) is 73.6 Å². The third kappa shape index (κ3) is 3.77. The molecule has 0 saturated carbocycles. The van der Waals surface area contributed by atoms with Crippen LogP contribution in [-0.4, -0.2) is 43.4 Å². The van der Waals surface area contributed by atoms with E-state index in [0.29, 0.717) is 19.7 Å². The molecular weight excluding hydrogens is 196 g/mol. The van der Waals surface area contributed by atoms with Gasteiger partial charge in [-0.2, -0.15) is 0 Å². The van der Waals surface area contributed by atoms with Gasteiger partial charge in [0, 0.05) is 13.1 Å². The third-order valence-corrected chi connectivity index (χ3v) is 2.03. The van der Waals surface area contributed by atoms with Crippen LogP contribution in [0, 0.1) is 0 Å². The van der Waals surface area contributed by atoms with E-state index in [0.717, 1.165) is 0 Å². The SMILES string of the molecule is CC(C)(C)OC(=O)[C@@]1(N)CNCCOC1.